The van der Waals surface area contributed by atoms with Gasteiger partial charge in [0, 0.05) is 25.0 Å². The molecular weight excluding hydrogens is 282 g/mol. The van der Waals surface area contributed by atoms with Crippen molar-refractivity contribution in [2.24, 2.45) is 5.73 Å². The molecule has 0 unspecified atom stereocenters. The molecule has 0 saturated heterocycles. The zero-order valence-electron chi connectivity index (χ0n) is 12.5. The highest BCUT2D eigenvalue weighted by atomic mass is 16.2. The Morgan fingerprint density at radius 3 is 2.32 bits per heavy atom. The molecule has 1 saturated carbocycles. The fraction of sp³-hybridized carbons (Fsp3) is 0.533. The lowest BCUT2D eigenvalue weighted by molar-refractivity contribution is -0.121. The largest absolute Gasteiger partial charge is 0.397 e. The predicted octanol–water partition coefficient (Wildman–Crippen LogP) is 0.170. The molecule has 2 amide bonds. The van der Waals surface area contributed by atoms with Crippen molar-refractivity contribution in [2.75, 3.05) is 12.3 Å². The summed E-state index contributed by atoms with van der Waals surface area (Å²) < 4.78 is 0. The lowest BCUT2D eigenvalue weighted by atomic mass is 9.91. The molecule has 1 aromatic rings. The summed E-state index contributed by atoms with van der Waals surface area (Å²) in [6, 6.07) is 3.58. The van der Waals surface area contributed by atoms with Crippen molar-refractivity contribution in [1.29, 1.82) is 0 Å². The maximum absolute atomic E-state index is 12.1. The van der Waals surface area contributed by atoms with Crippen molar-refractivity contribution in [3.8, 4) is 0 Å². The van der Waals surface area contributed by atoms with Gasteiger partial charge in [-0.1, -0.05) is 0 Å². The number of nitrogens with one attached hydrogen (secondary N) is 2. The van der Waals surface area contributed by atoms with Crippen LogP contribution in [0.5, 0.6) is 0 Å². The number of pyridine rings is 1. The third-order valence-electron chi connectivity index (χ3n) is 3.82. The van der Waals surface area contributed by atoms with E-state index in [-0.39, 0.29) is 23.9 Å². The van der Waals surface area contributed by atoms with Gasteiger partial charge in [0.1, 0.15) is 5.69 Å². The van der Waals surface area contributed by atoms with Crippen LogP contribution in [0.2, 0.25) is 0 Å². The van der Waals surface area contributed by atoms with Gasteiger partial charge in [-0.05, 0) is 37.8 Å². The molecule has 0 spiro atoms. The molecule has 120 valence electrons. The molecule has 0 aliphatic heterocycles. The number of amides is 2. The van der Waals surface area contributed by atoms with Gasteiger partial charge in [-0.15, -0.1) is 0 Å². The summed E-state index contributed by atoms with van der Waals surface area (Å²) >= 11 is 0. The van der Waals surface area contributed by atoms with Crippen LogP contribution in [-0.2, 0) is 4.79 Å². The summed E-state index contributed by atoms with van der Waals surface area (Å²) in [7, 11) is 0. The maximum atomic E-state index is 12.1. The van der Waals surface area contributed by atoms with Crippen molar-refractivity contribution >= 4 is 17.5 Å². The van der Waals surface area contributed by atoms with Crippen molar-refractivity contribution in [3.63, 3.8) is 0 Å². The Morgan fingerprint density at radius 2 is 1.77 bits per heavy atom. The van der Waals surface area contributed by atoms with E-state index in [0.29, 0.717) is 24.3 Å². The van der Waals surface area contributed by atoms with Gasteiger partial charge in [0.15, 0.2) is 0 Å². The fourth-order valence-electron chi connectivity index (χ4n) is 2.61. The van der Waals surface area contributed by atoms with Gasteiger partial charge in [-0.2, -0.15) is 0 Å². The van der Waals surface area contributed by atoms with E-state index in [2.05, 4.69) is 15.6 Å². The summed E-state index contributed by atoms with van der Waals surface area (Å²) in [6.45, 7) is 0.367. The molecule has 2 rings (SSSR count). The number of rotatable bonds is 5. The number of hydrogen-bond acceptors (Lipinski definition) is 5. The average molecular weight is 305 g/mol. The summed E-state index contributed by atoms with van der Waals surface area (Å²) in [5.41, 5.74) is 11.8. The van der Waals surface area contributed by atoms with Gasteiger partial charge >= 0.3 is 0 Å². The molecule has 0 bridgehead atoms. The van der Waals surface area contributed by atoms with Crippen molar-refractivity contribution in [3.05, 3.63) is 24.0 Å². The van der Waals surface area contributed by atoms with Crippen LogP contribution in [0, 0.1) is 0 Å². The van der Waals surface area contributed by atoms with Crippen LogP contribution < -0.4 is 22.1 Å². The quantitative estimate of drug-likeness (QED) is 0.617. The molecule has 1 heterocycles. The molecule has 1 aliphatic carbocycles. The van der Waals surface area contributed by atoms with Gasteiger partial charge in [0.05, 0.1) is 11.9 Å². The molecule has 6 N–H and O–H groups in total. The van der Waals surface area contributed by atoms with E-state index in [0.717, 1.165) is 25.7 Å². The van der Waals surface area contributed by atoms with E-state index in [1.165, 1.54) is 6.20 Å². The van der Waals surface area contributed by atoms with Crippen LogP contribution in [0.25, 0.3) is 0 Å². The summed E-state index contributed by atoms with van der Waals surface area (Å²) in [4.78, 5) is 27.6. The molecule has 0 aromatic carbocycles. The number of aromatic nitrogens is 1. The van der Waals surface area contributed by atoms with E-state index in [4.69, 9.17) is 11.5 Å². The molecule has 1 aromatic heterocycles. The normalized spacial score (nSPS) is 21.1. The van der Waals surface area contributed by atoms with Crippen molar-refractivity contribution < 1.29 is 9.59 Å². The molecule has 7 nitrogen and oxygen atoms in total. The highest BCUT2D eigenvalue weighted by molar-refractivity contribution is 5.92. The molecule has 1 fully saturated rings. The predicted molar refractivity (Wildman–Crippen MR) is 84.0 cm³/mol. The third kappa shape index (κ3) is 4.70. The minimum absolute atomic E-state index is 0.000981. The minimum Gasteiger partial charge on any atom is -0.397 e. The van der Waals surface area contributed by atoms with Crippen molar-refractivity contribution in [2.45, 2.75) is 44.2 Å². The topological polar surface area (TPSA) is 123 Å². The van der Waals surface area contributed by atoms with E-state index < -0.39 is 0 Å². The van der Waals surface area contributed by atoms with Gasteiger partial charge < -0.3 is 22.1 Å². The number of nitrogens with zero attached hydrogens (tertiary/aromatic N) is 1. The Balaban J connectivity index is 1.76. The molecule has 0 radical (unpaired) electrons. The summed E-state index contributed by atoms with van der Waals surface area (Å²) in [5, 5.41) is 5.95. The SMILES string of the molecule is NCCC(=O)NC1CCC(NC(=O)c2ccc(N)cn2)CC1. The van der Waals surface area contributed by atoms with Gasteiger partial charge in [0.2, 0.25) is 5.91 Å². The molecule has 1 aliphatic rings. The minimum atomic E-state index is -0.185. The molecule has 0 atom stereocenters. The second kappa shape index (κ2) is 7.74. The number of anilines is 1. The first-order valence-corrected chi connectivity index (χ1v) is 7.60. The van der Waals surface area contributed by atoms with E-state index in [1.54, 1.807) is 12.1 Å². The highest BCUT2D eigenvalue weighted by Crippen LogP contribution is 2.19. The number of hydrogen-bond donors (Lipinski definition) is 4. The number of carbonyl (C=O) groups is 2. The Kier molecular flexibility index (Phi) is 5.71. The first kappa shape index (κ1) is 16.2. The van der Waals surface area contributed by atoms with Gasteiger partial charge in [0.25, 0.3) is 5.91 Å². The van der Waals surface area contributed by atoms with Crippen LogP contribution in [-0.4, -0.2) is 35.4 Å². The monoisotopic (exact) mass is 305 g/mol. The Morgan fingerprint density at radius 1 is 1.14 bits per heavy atom. The first-order valence-electron chi connectivity index (χ1n) is 7.60. The van der Waals surface area contributed by atoms with E-state index in [9.17, 15) is 9.59 Å². The zero-order chi connectivity index (χ0) is 15.9. The zero-order valence-corrected chi connectivity index (χ0v) is 12.5. The Bertz CT molecular complexity index is 509. The fourth-order valence-corrected chi connectivity index (χ4v) is 2.61. The maximum Gasteiger partial charge on any atom is 0.270 e. The summed E-state index contributed by atoms with van der Waals surface area (Å²) in [5.74, 6) is -0.184. The molecule has 22 heavy (non-hydrogen) atoms. The van der Waals surface area contributed by atoms with Crippen LogP contribution in [0.4, 0.5) is 5.69 Å². The van der Waals surface area contributed by atoms with E-state index >= 15 is 0 Å². The van der Waals surface area contributed by atoms with E-state index in [1.807, 2.05) is 0 Å². The molecule has 7 heteroatoms. The lowest BCUT2D eigenvalue weighted by Crippen LogP contribution is -2.44. The van der Waals surface area contributed by atoms with Gasteiger partial charge in [-0.3, -0.25) is 9.59 Å². The van der Waals surface area contributed by atoms with Crippen LogP contribution in [0.15, 0.2) is 18.3 Å². The average Bonchev–Trinajstić information content (AvgIpc) is 2.50. The number of nitrogens with two attached hydrogens (primary N) is 2. The first-order chi connectivity index (χ1) is 10.6. The van der Waals surface area contributed by atoms with Crippen LogP contribution in [0.1, 0.15) is 42.6 Å². The Hall–Kier alpha value is -2.15. The third-order valence-corrected chi connectivity index (χ3v) is 3.82. The van der Waals surface area contributed by atoms with Gasteiger partial charge in [-0.25, -0.2) is 4.98 Å². The number of nitrogen functional groups attached to an aromatic ring is 1. The van der Waals surface area contributed by atoms with Crippen LogP contribution in [0.3, 0.4) is 0 Å². The summed E-state index contributed by atoms with van der Waals surface area (Å²) in [6.07, 6.45) is 5.23. The standard InChI is InChI=1S/C15H23N5O2/c16-8-7-14(21)19-11-2-4-12(5-3-11)20-15(22)13-6-1-10(17)9-18-13/h1,6,9,11-12H,2-5,7-8,16-17H2,(H,19,21)(H,20,22). The lowest BCUT2D eigenvalue weighted by Gasteiger charge is -2.29. The second-order valence-electron chi connectivity index (χ2n) is 5.60. The smallest absolute Gasteiger partial charge is 0.270 e. The van der Waals surface area contributed by atoms with Crippen LogP contribution >= 0.6 is 0 Å². The van der Waals surface area contributed by atoms with Crippen molar-refractivity contribution in [1.82, 2.24) is 15.6 Å². The highest BCUT2D eigenvalue weighted by Gasteiger charge is 2.23. The second-order valence-corrected chi connectivity index (χ2v) is 5.60. The Labute approximate surface area is 129 Å². The molecular formula is C15H23N5O2. The number of carbonyl (C=O) groups excluding carboxylic acids is 2.